The van der Waals surface area contributed by atoms with Crippen LogP contribution >= 0.6 is 11.6 Å². The van der Waals surface area contributed by atoms with Crippen molar-refractivity contribution in [2.24, 2.45) is 0 Å². The van der Waals surface area contributed by atoms with Crippen LogP contribution in [0, 0.1) is 0 Å². The Bertz CT molecular complexity index is 1720. The molecule has 1 aliphatic heterocycles. The van der Waals surface area contributed by atoms with E-state index in [1.807, 2.05) is 35.2 Å². The maximum absolute atomic E-state index is 13.8. The molecule has 3 N–H and O–H groups in total. The van der Waals surface area contributed by atoms with Gasteiger partial charge >= 0.3 is 0 Å². The van der Waals surface area contributed by atoms with Gasteiger partial charge in [0, 0.05) is 6.54 Å². The van der Waals surface area contributed by atoms with Gasteiger partial charge in [0.2, 0.25) is 5.95 Å². The van der Waals surface area contributed by atoms with Crippen molar-refractivity contribution >= 4 is 45.3 Å². The van der Waals surface area contributed by atoms with Crippen LogP contribution in [0.15, 0.2) is 64.4 Å². The van der Waals surface area contributed by atoms with Crippen LogP contribution in [0.4, 0.5) is 11.8 Å². The van der Waals surface area contributed by atoms with Gasteiger partial charge in [-0.05, 0) is 37.1 Å². The van der Waals surface area contributed by atoms with E-state index >= 15 is 0 Å². The number of nitrogens with zero attached hydrogens (tertiary/aromatic N) is 6. The van der Waals surface area contributed by atoms with E-state index in [4.69, 9.17) is 22.3 Å². The normalized spacial score (nSPS) is 15.8. The smallest absolute Gasteiger partial charge is 0.267 e. The van der Waals surface area contributed by atoms with Crippen molar-refractivity contribution in [1.82, 2.24) is 29.5 Å². The van der Waals surface area contributed by atoms with E-state index in [2.05, 4.69) is 19.9 Å². The fraction of sp³-hybridized carbons (Fsp3) is 0.167. The summed E-state index contributed by atoms with van der Waals surface area (Å²) >= 11 is 6.42. The summed E-state index contributed by atoms with van der Waals surface area (Å²) in [4.78, 5) is 48.7. The number of H-pyrrole nitrogens is 1. The monoisotopic (exact) mass is 486 g/mol. The summed E-state index contributed by atoms with van der Waals surface area (Å²) in [7, 11) is 0. The van der Waals surface area contributed by atoms with Gasteiger partial charge in [-0.3, -0.25) is 14.2 Å². The van der Waals surface area contributed by atoms with E-state index < -0.39 is 0 Å². The number of rotatable bonds is 3. The molecule has 1 fully saturated rings. The zero-order valence-electron chi connectivity index (χ0n) is 18.3. The average molecular weight is 487 g/mol. The number of hydrogen-bond donors (Lipinski definition) is 2. The van der Waals surface area contributed by atoms with Gasteiger partial charge in [0.15, 0.2) is 5.65 Å². The van der Waals surface area contributed by atoms with Gasteiger partial charge in [-0.15, -0.1) is 0 Å². The van der Waals surface area contributed by atoms with Crippen LogP contribution < -0.4 is 21.8 Å². The van der Waals surface area contributed by atoms with Gasteiger partial charge in [0.25, 0.3) is 11.1 Å². The van der Waals surface area contributed by atoms with Gasteiger partial charge in [0.1, 0.15) is 17.0 Å². The van der Waals surface area contributed by atoms with E-state index in [1.165, 1.54) is 6.33 Å². The Morgan fingerprint density at radius 3 is 2.66 bits per heavy atom. The Labute approximate surface area is 203 Å². The Balaban J connectivity index is 1.64. The first-order chi connectivity index (χ1) is 17.0. The molecule has 6 rings (SSSR count). The summed E-state index contributed by atoms with van der Waals surface area (Å²) in [6.07, 6.45) is 2.77. The Morgan fingerprint density at radius 1 is 1.00 bits per heavy atom. The van der Waals surface area contributed by atoms with E-state index in [0.29, 0.717) is 46.2 Å². The number of nitrogen functional groups attached to an aromatic ring is 1. The topological polar surface area (TPSA) is 136 Å². The van der Waals surface area contributed by atoms with E-state index in [-0.39, 0.29) is 34.1 Å². The van der Waals surface area contributed by atoms with Crippen LogP contribution in [0.3, 0.4) is 0 Å². The van der Waals surface area contributed by atoms with Crippen LogP contribution in [-0.2, 0) is 0 Å². The predicted molar refractivity (Wildman–Crippen MR) is 134 cm³/mol. The van der Waals surface area contributed by atoms with E-state index in [1.54, 1.807) is 22.8 Å². The molecular weight excluding hydrogens is 468 g/mol. The molecule has 0 amide bonds. The quantitative estimate of drug-likeness (QED) is 0.397. The van der Waals surface area contributed by atoms with E-state index in [0.717, 1.165) is 6.42 Å². The first-order valence-corrected chi connectivity index (χ1v) is 11.4. The zero-order valence-corrected chi connectivity index (χ0v) is 19.1. The summed E-state index contributed by atoms with van der Waals surface area (Å²) in [5.74, 6) is 0.901. The minimum Gasteiger partial charge on any atom is -0.368 e. The fourth-order valence-corrected chi connectivity index (χ4v) is 4.98. The van der Waals surface area contributed by atoms with E-state index in [9.17, 15) is 9.59 Å². The highest BCUT2D eigenvalue weighted by Gasteiger charge is 2.34. The first-order valence-electron chi connectivity index (χ1n) is 11.1. The number of aromatic amines is 1. The molecule has 0 radical (unpaired) electrons. The molecule has 35 heavy (non-hydrogen) atoms. The van der Waals surface area contributed by atoms with Crippen LogP contribution in [0.2, 0.25) is 5.02 Å². The lowest BCUT2D eigenvalue weighted by atomic mass is 10.1. The van der Waals surface area contributed by atoms with Crippen LogP contribution in [0.25, 0.3) is 27.6 Å². The first kappa shape index (κ1) is 21.2. The zero-order chi connectivity index (χ0) is 24.1. The van der Waals surface area contributed by atoms with Crippen molar-refractivity contribution in [3.8, 4) is 5.69 Å². The Kier molecular flexibility index (Phi) is 4.96. The molecule has 0 unspecified atom stereocenters. The van der Waals surface area contributed by atoms with Gasteiger partial charge in [-0.2, -0.15) is 9.97 Å². The number of nitrogens with two attached hydrogens (primary N) is 1. The number of anilines is 2. The summed E-state index contributed by atoms with van der Waals surface area (Å²) < 4.78 is 1.59. The predicted octanol–water partition coefficient (Wildman–Crippen LogP) is 2.99. The minimum absolute atomic E-state index is 0.00922. The molecule has 0 aliphatic carbocycles. The molecule has 2 aromatic carbocycles. The number of fused-ring (bicyclic) bond motifs is 2. The number of nitrogens with one attached hydrogen (secondary N) is 1. The number of para-hydroxylation sites is 1. The summed E-state index contributed by atoms with van der Waals surface area (Å²) in [5, 5.41) is 0.932. The number of hydrogen-bond acceptors (Lipinski definition) is 8. The fourth-order valence-electron chi connectivity index (χ4n) is 4.73. The third-order valence-electron chi connectivity index (χ3n) is 6.21. The lowest BCUT2D eigenvalue weighted by Crippen LogP contribution is -2.33. The SMILES string of the molecule is Nc1nc(N2CCC[C@H]2c2nc3cccc(Cl)c3c(=O)n2-c2ccccc2)c2c(=O)[nH]cnc2n1. The second-order valence-corrected chi connectivity index (χ2v) is 8.67. The van der Waals surface area contributed by atoms with Crippen molar-refractivity contribution in [3.63, 3.8) is 0 Å². The van der Waals surface area contributed by atoms with Gasteiger partial charge in [0.05, 0.1) is 34.0 Å². The van der Waals surface area contributed by atoms with Crippen LogP contribution in [0.5, 0.6) is 0 Å². The molecule has 174 valence electrons. The second-order valence-electron chi connectivity index (χ2n) is 8.27. The number of halogens is 1. The van der Waals surface area contributed by atoms with Gasteiger partial charge < -0.3 is 15.6 Å². The molecule has 5 aromatic rings. The summed E-state index contributed by atoms with van der Waals surface area (Å²) in [6, 6.07) is 14.2. The van der Waals surface area contributed by atoms with Crippen LogP contribution in [0.1, 0.15) is 24.7 Å². The van der Waals surface area contributed by atoms with Gasteiger partial charge in [-0.1, -0.05) is 35.9 Å². The molecule has 1 saturated heterocycles. The molecule has 4 heterocycles. The van der Waals surface area contributed by atoms with Gasteiger partial charge in [-0.25, -0.2) is 9.97 Å². The van der Waals surface area contributed by atoms with Crippen molar-refractivity contribution in [1.29, 1.82) is 0 Å². The van der Waals surface area contributed by atoms with Crippen molar-refractivity contribution < 1.29 is 0 Å². The minimum atomic E-state index is -0.366. The lowest BCUT2D eigenvalue weighted by Gasteiger charge is -2.28. The highest BCUT2D eigenvalue weighted by Crippen LogP contribution is 2.37. The molecule has 10 nitrogen and oxygen atoms in total. The summed E-state index contributed by atoms with van der Waals surface area (Å²) in [6.45, 7) is 0.586. The lowest BCUT2D eigenvalue weighted by molar-refractivity contribution is 0.634. The molecule has 0 bridgehead atoms. The molecular formula is C24H19ClN8O2. The maximum Gasteiger partial charge on any atom is 0.267 e. The third kappa shape index (κ3) is 3.41. The average Bonchev–Trinajstić information content (AvgIpc) is 3.33. The largest absolute Gasteiger partial charge is 0.368 e. The Hall–Kier alpha value is -4.31. The Morgan fingerprint density at radius 2 is 1.83 bits per heavy atom. The summed E-state index contributed by atoms with van der Waals surface area (Å²) in [5.41, 5.74) is 6.72. The van der Waals surface area contributed by atoms with Crippen LogP contribution in [-0.4, -0.2) is 36.0 Å². The molecule has 0 saturated carbocycles. The molecule has 11 heteroatoms. The van der Waals surface area contributed by atoms with Crippen molar-refractivity contribution in [2.75, 3.05) is 17.2 Å². The molecule has 0 spiro atoms. The molecule has 1 atom stereocenters. The number of benzene rings is 2. The maximum atomic E-state index is 13.8. The molecule has 1 aliphatic rings. The second kappa shape index (κ2) is 8.17. The molecule has 3 aromatic heterocycles. The van der Waals surface area contributed by atoms with Crippen molar-refractivity contribution in [2.45, 2.75) is 18.9 Å². The van der Waals surface area contributed by atoms with Crippen molar-refractivity contribution in [3.05, 3.63) is 86.4 Å². The highest BCUT2D eigenvalue weighted by molar-refractivity contribution is 6.35. The third-order valence-corrected chi connectivity index (χ3v) is 6.52. The standard InChI is InChI=1S/C24H19ClN8O2/c25-14-8-4-9-15-17(14)23(35)33(13-6-2-1-3-7-13)20(29-15)16-10-5-11-32(16)21-18-19(30-24(26)31-21)27-12-28-22(18)34/h1-4,6-9,12,16H,5,10-11H2,(H3,26,27,28,30,31,34)/t16-/m0/s1. The number of aromatic nitrogens is 6. The highest BCUT2D eigenvalue weighted by atomic mass is 35.5.